The summed E-state index contributed by atoms with van der Waals surface area (Å²) in [6.45, 7) is 6.83. The van der Waals surface area contributed by atoms with Crippen LogP contribution in [0.5, 0.6) is 0 Å². The average molecular weight is 429 g/mol. The van der Waals surface area contributed by atoms with Gasteiger partial charge in [-0.15, -0.1) is 0 Å². The van der Waals surface area contributed by atoms with Gasteiger partial charge in [0.1, 0.15) is 5.60 Å². The molecule has 6 heteroatoms. The SMILES string of the molecule is CC(C)(C)OC(=O)N1CCC(C(NC(=O)c2ccc(Cl)cc2)c2ccccc2)CC1. The van der Waals surface area contributed by atoms with Gasteiger partial charge >= 0.3 is 6.09 Å². The molecule has 1 fully saturated rings. The zero-order valence-electron chi connectivity index (χ0n) is 17.7. The van der Waals surface area contributed by atoms with E-state index in [0.717, 1.165) is 18.4 Å². The molecule has 1 aliphatic heterocycles. The van der Waals surface area contributed by atoms with E-state index in [1.165, 1.54) is 0 Å². The quantitative estimate of drug-likeness (QED) is 0.703. The lowest BCUT2D eigenvalue weighted by Gasteiger charge is -2.37. The van der Waals surface area contributed by atoms with E-state index in [1.54, 1.807) is 29.2 Å². The van der Waals surface area contributed by atoms with Crippen LogP contribution in [0.25, 0.3) is 0 Å². The molecule has 2 aromatic rings. The molecule has 2 aromatic carbocycles. The second-order valence-corrected chi connectivity index (χ2v) is 9.11. The van der Waals surface area contributed by atoms with Crippen molar-refractivity contribution in [3.8, 4) is 0 Å². The number of amides is 2. The van der Waals surface area contributed by atoms with Crippen molar-refractivity contribution in [3.63, 3.8) is 0 Å². The number of hydrogen-bond acceptors (Lipinski definition) is 3. The first-order valence-corrected chi connectivity index (χ1v) is 10.7. The van der Waals surface area contributed by atoms with Crippen LogP contribution in [0.1, 0.15) is 55.6 Å². The van der Waals surface area contributed by atoms with Crippen LogP contribution < -0.4 is 5.32 Å². The van der Waals surface area contributed by atoms with E-state index >= 15 is 0 Å². The van der Waals surface area contributed by atoms with Crippen molar-refractivity contribution >= 4 is 23.6 Å². The molecule has 3 rings (SSSR count). The fraction of sp³-hybridized carbons (Fsp3) is 0.417. The number of halogens is 1. The number of piperidine rings is 1. The predicted molar refractivity (Wildman–Crippen MR) is 119 cm³/mol. The Balaban J connectivity index is 1.70. The largest absolute Gasteiger partial charge is 0.444 e. The van der Waals surface area contributed by atoms with Gasteiger partial charge in [-0.3, -0.25) is 4.79 Å². The number of carbonyl (C=O) groups is 2. The zero-order chi connectivity index (χ0) is 21.7. The molecule has 0 aliphatic carbocycles. The van der Waals surface area contributed by atoms with Crippen molar-refractivity contribution in [2.24, 2.45) is 5.92 Å². The van der Waals surface area contributed by atoms with E-state index in [2.05, 4.69) is 5.32 Å². The topological polar surface area (TPSA) is 58.6 Å². The van der Waals surface area contributed by atoms with Gasteiger partial charge in [0.25, 0.3) is 5.91 Å². The highest BCUT2D eigenvalue weighted by Gasteiger charge is 2.32. The number of ether oxygens (including phenoxy) is 1. The summed E-state index contributed by atoms with van der Waals surface area (Å²) >= 11 is 5.94. The van der Waals surface area contributed by atoms with Crippen molar-refractivity contribution in [1.29, 1.82) is 0 Å². The third kappa shape index (κ3) is 5.99. The van der Waals surface area contributed by atoms with Gasteiger partial charge in [-0.25, -0.2) is 4.79 Å². The molecule has 0 bridgehead atoms. The number of nitrogens with one attached hydrogen (secondary N) is 1. The molecule has 5 nitrogen and oxygen atoms in total. The van der Waals surface area contributed by atoms with Crippen LogP contribution >= 0.6 is 11.6 Å². The third-order valence-electron chi connectivity index (χ3n) is 5.21. The van der Waals surface area contributed by atoms with Crippen LogP contribution in [0.3, 0.4) is 0 Å². The summed E-state index contributed by atoms with van der Waals surface area (Å²) in [6, 6.07) is 16.7. The van der Waals surface area contributed by atoms with Crippen molar-refractivity contribution in [1.82, 2.24) is 10.2 Å². The van der Waals surface area contributed by atoms with Gasteiger partial charge in [0, 0.05) is 23.7 Å². The van der Waals surface area contributed by atoms with Crippen LogP contribution in [0.4, 0.5) is 4.79 Å². The van der Waals surface area contributed by atoms with E-state index in [0.29, 0.717) is 23.7 Å². The van der Waals surface area contributed by atoms with E-state index in [9.17, 15) is 9.59 Å². The highest BCUT2D eigenvalue weighted by atomic mass is 35.5. The number of benzene rings is 2. The summed E-state index contributed by atoms with van der Waals surface area (Å²) in [5.74, 6) is 0.0948. The Morgan fingerprint density at radius 1 is 1.03 bits per heavy atom. The highest BCUT2D eigenvalue weighted by Crippen LogP contribution is 2.32. The Hall–Kier alpha value is -2.53. The summed E-state index contributed by atoms with van der Waals surface area (Å²) in [5, 5.41) is 3.80. The van der Waals surface area contributed by atoms with Gasteiger partial charge in [-0.05, 0) is 69.4 Å². The van der Waals surface area contributed by atoms with E-state index in [-0.39, 0.29) is 24.0 Å². The monoisotopic (exact) mass is 428 g/mol. The predicted octanol–water partition coefficient (Wildman–Crippen LogP) is 5.46. The summed E-state index contributed by atoms with van der Waals surface area (Å²) in [6.07, 6.45) is 1.31. The number of rotatable bonds is 4. The summed E-state index contributed by atoms with van der Waals surface area (Å²) in [4.78, 5) is 27.0. The molecular weight excluding hydrogens is 400 g/mol. The van der Waals surface area contributed by atoms with Crippen LogP contribution in [-0.2, 0) is 4.74 Å². The maximum Gasteiger partial charge on any atom is 0.410 e. The molecule has 1 unspecified atom stereocenters. The van der Waals surface area contributed by atoms with Crippen molar-refractivity contribution in [3.05, 3.63) is 70.7 Å². The van der Waals surface area contributed by atoms with Crippen LogP contribution in [0, 0.1) is 5.92 Å². The molecule has 0 aromatic heterocycles. The van der Waals surface area contributed by atoms with E-state index in [4.69, 9.17) is 16.3 Å². The van der Waals surface area contributed by atoms with E-state index in [1.807, 2.05) is 51.1 Å². The number of hydrogen-bond donors (Lipinski definition) is 1. The van der Waals surface area contributed by atoms with Crippen molar-refractivity contribution < 1.29 is 14.3 Å². The van der Waals surface area contributed by atoms with Crippen molar-refractivity contribution in [2.75, 3.05) is 13.1 Å². The first kappa shape index (κ1) is 22.2. The Bertz CT molecular complexity index is 854. The van der Waals surface area contributed by atoms with Crippen LogP contribution in [0.15, 0.2) is 54.6 Å². The molecule has 1 atom stereocenters. The van der Waals surface area contributed by atoms with Gasteiger partial charge in [0.05, 0.1) is 6.04 Å². The first-order chi connectivity index (χ1) is 14.2. The summed E-state index contributed by atoms with van der Waals surface area (Å²) < 4.78 is 5.50. The van der Waals surface area contributed by atoms with Crippen LogP contribution in [0.2, 0.25) is 5.02 Å². The lowest BCUT2D eigenvalue weighted by atomic mass is 9.85. The van der Waals surface area contributed by atoms with Gasteiger partial charge in [0.2, 0.25) is 0 Å². The molecule has 1 aliphatic rings. The minimum absolute atomic E-state index is 0.129. The molecule has 1 saturated heterocycles. The maximum absolute atomic E-state index is 12.9. The Labute approximate surface area is 183 Å². The number of likely N-dealkylation sites (tertiary alicyclic amines) is 1. The third-order valence-corrected chi connectivity index (χ3v) is 5.47. The Morgan fingerprint density at radius 2 is 1.63 bits per heavy atom. The molecule has 0 spiro atoms. The second kappa shape index (κ2) is 9.52. The molecule has 0 saturated carbocycles. The average Bonchev–Trinajstić information content (AvgIpc) is 2.72. The minimum Gasteiger partial charge on any atom is -0.444 e. The van der Waals surface area contributed by atoms with Gasteiger partial charge < -0.3 is 15.0 Å². The molecule has 2 amide bonds. The van der Waals surface area contributed by atoms with E-state index < -0.39 is 5.60 Å². The summed E-state index contributed by atoms with van der Waals surface area (Å²) in [7, 11) is 0. The van der Waals surface area contributed by atoms with Gasteiger partial charge in [-0.2, -0.15) is 0 Å². The van der Waals surface area contributed by atoms with Gasteiger partial charge in [0.15, 0.2) is 0 Å². The number of nitrogens with zero attached hydrogens (tertiary/aromatic N) is 1. The van der Waals surface area contributed by atoms with Gasteiger partial charge in [-0.1, -0.05) is 41.9 Å². The van der Waals surface area contributed by atoms with Crippen LogP contribution in [-0.4, -0.2) is 35.6 Å². The Morgan fingerprint density at radius 3 is 2.20 bits per heavy atom. The lowest BCUT2D eigenvalue weighted by Crippen LogP contribution is -2.44. The second-order valence-electron chi connectivity index (χ2n) is 8.67. The molecule has 1 N–H and O–H groups in total. The fourth-order valence-electron chi connectivity index (χ4n) is 3.70. The van der Waals surface area contributed by atoms with Crippen molar-refractivity contribution in [2.45, 2.75) is 45.3 Å². The fourth-order valence-corrected chi connectivity index (χ4v) is 3.83. The molecule has 160 valence electrons. The summed E-state index contributed by atoms with van der Waals surface area (Å²) in [5.41, 5.74) is 1.13. The molecule has 1 heterocycles. The smallest absolute Gasteiger partial charge is 0.410 e. The maximum atomic E-state index is 12.9. The molecule has 0 radical (unpaired) electrons. The molecular formula is C24H29ClN2O3. The Kier molecular flexibility index (Phi) is 7.03. The molecule has 30 heavy (non-hydrogen) atoms. The first-order valence-electron chi connectivity index (χ1n) is 10.3. The lowest BCUT2D eigenvalue weighted by molar-refractivity contribution is 0.0167. The minimum atomic E-state index is -0.507. The number of carbonyl (C=O) groups excluding carboxylic acids is 2. The zero-order valence-corrected chi connectivity index (χ0v) is 18.5. The normalized spacial score (nSPS) is 16.1. The standard InChI is InChI=1S/C24H29ClN2O3/c1-24(2,3)30-23(29)27-15-13-18(14-16-27)21(17-7-5-4-6-8-17)26-22(28)19-9-11-20(25)12-10-19/h4-12,18,21H,13-16H2,1-3H3,(H,26,28). The highest BCUT2D eigenvalue weighted by molar-refractivity contribution is 6.30.